The van der Waals surface area contributed by atoms with Crippen molar-refractivity contribution in [3.05, 3.63) is 18.3 Å². The van der Waals surface area contributed by atoms with Crippen LogP contribution in [0.15, 0.2) is 23.2 Å². The number of aromatic nitrogens is 1. The molecule has 1 aliphatic carbocycles. The number of sulfonamides is 1. The van der Waals surface area contributed by atoms with E-state index in [-0.39, 0.29) is 10.7 Å². The van der Waals surface area contributed by atoms with E-state index >= 15 is 0 Å². The topological polar surface area (TPSA) is 85.1 Å². The molecule has 2 rings (SSSR count). The summed E-state index contributed by atoms with van der Waals surface area (Å²) in [6.07, 6.45) is 3.89. The Balaban J connectivity index is 2.05. The molecule has 1 aromatic heterocycles. The van der Waals surface area contributed by atoms with E-state index in [4.69, 9.17) is 5.73 Å². The molecule has 1 unspecified atom stereocenters. The summed E-state index contributed by atoms with van der Waals surface area (Å²) in [7, 11) is -3.53. The molecule has 0 aliphatic heterocycles. The van der Waals surface area contributed by atoms with Gasteiger partial charge in [-0.2, -0.15) is 0 Å². The molecule has 1 heterocycles. The Morgan fingerprint density at radius 3 is 2.88 bits per heavy atom. The zero-order valence-electron chi connectivity index (χ0n) is 9.76. The van der Waals surface area contributed by atoms with Gasteiger partial charge in [0.2, 0.25) is 10.0 Å². The number of rotatable bonds is 5. The van der Waals surface area contributed by atoms with Crippen LogP contribution in [-0.2, 0) is 10.0 Å². The highest BCUT2D eigenvalue weighted by Gasteiger charge is 2.29. The first-order valence-electron chi connectivity index (χ1n) is 5.71. The molecule has 0 aromatic carbocycles. The van der Waals surface area contributed by atoms with Crippen molar-refractivity contribution in [3.63, 3.8) is 0 Å². The maximum atomic E-state index is 12.0. The number of nitrogens with one attached hydrogen (secondary N) is 1. The predicted molar refractivity (Wildman–Crippen MR) is 65.7 cm³/mol. The number of hydrogen-bond acceptors (Lipinski definition) is 4. The minimum absolute atomic E-state index is 0.0408. The summed E-state index contributed by atoms with van der Waals surface area (Å²) in [4.78, 5) is 3.84. The van der Waals surface area contributed by atoms with Gasteiger partial charge in [0.25, 0.3) is 0 Å². The second-order valence-corrected chi connectivity index (χ2v) is 6.29. The first-order valence-corrected chi connectivity index (χ1v) is 7.19. The Bertz CT molecular complexity index is 497. The van der Waals surface area contributed by atoms with Gasteiger partial charge in [-0.1, -0.05) is 6.92 Å². The van der Waals surface area contributed by atoms with Gasteiger partial charge >= 0.3 is 0 Å². The summed E-state index contributed by atoms with van der Waals surface area (Å²) in [6, 6.07) is 3.03. The molecule has 1 aliphatic rings. The lowest BCUT2D eigenvalue weighted by molar-refractivity contribution is 0.492. The SMILES string of the molecule is CC(CNS(=O)(=O)c1cccnc1N)C1CC1. The van der Waals surface area contributed by atoms with E-state index in [1.807, 2.05) is 0 Å². The highest BCUT2D eigenvalue weighted by atomic mass is 32.2. The monoisotopic (exact) mass is 255 g/mol. The van der Waals surface area contributed by atoms with Crippen molar-refractivity contribution >= 4 is 15.8 Å². The van der Waals surface area contributed by atoms with E-state index in [9.17, 15) is 8.42 Å². The van der Waals surface area contributed by atoms with Crippen LogP contribution in [0.1, 0.15) is 19.8 Å². The molecular weight excluding hydrogens is 238 g/mol. The Morgan fingerprint density at radius 2 is 2.29 bits per heavy atom. The normalized spacial score (nSPS) is 17.9. The van der Waals surface area contributed by atoms with Crippen LogP contribution in [0.25, 0.3) is 0 Å². The van der Waals surface area contributed by atoms with Crippen LogP contribution >= 0.6 is 0 Å². The van der Waals surface area contributed by atoms with Gasteiger partial charge in [-0.3, -0.25) is 0 Å². The highest BCUT2D eigenvalue weighted by molar-refractivity contribution is 7.89. The molecular formula is C11H17N3O2S. The van der Waals surface area contributed by atoms with Crippen molar-refractivity contribution in [2.24, 2.45) is 11.8 Å². The summed E-state index contributed by atoms with van der Waals surface area (Å²) in [5, 5.41) is 0. The first kappa shape index (κ1) is 12.3. The Kier molecular flexibility index (Phi) is 3.35. The fourth-order valence-electron chi connectivity index (χ4n) is 1.78. The molecule has 0 radical (unpaired) electrons. The van der Waals surface area contributed by atoms with Crippen LogP contribution in [0.2, 0.25) is 0 Å². The molecule has 3 N–H and O–H groups in total. The van der Waals surface area contributed by atoms with Gasteiger partial charge in [-0.15, -0.1) is 0 Å². The molecule has 1 aromatic rings. The van der Waals surface area contributed by atoms with E-state index in [2.05, 4.69) is 16.6 Å². The van der Waals surface area contributed by atoms with Crippen LogP contribution < -0.4 is 10.5 Å². The van der Waals surface area contributed by atoms with E-state index < -0.39 is 10.0 Å². The summed E-state index contributed by atoms with van der Waals surface area (Å²) in [5.74, 6) is 1.09. The zero-order valence-corrected chi connectivity index (χ0v) is 10.6. The lowest BCUT2D eigenvalue weighted by Gasteiger charge is -2.12. The van der Waals surface area contributed by atoms with E-state index in [1.54, 1.807) is 6.07 Å². The van der Waals surface area contributed by atoms with Crippen LogP contribution in [0, 0.1) is 11.8 Å². The fraction of sp³-hybridized carbons (Fsp3) is 0.545. The summed E-state index contributed by atoms with van der Waals surface area (Å²) >= 11 is 0. The van der Waals surface area contributed by atoms with Crippen molar-refractivity contribution in [2.45, 2.75) is 24.7 Å². The van der Waals surface area contributed by atoms with Gasteiger partial charge in [0.05, 0.1) is 0 Å². The molecule has 1 atom stereocenters. The van der Waals surface area contributed by atoms with Crippen LogP contribution in [0.5, 0.6) is 0 Å². The van der Waals surface area contributed by atoms with Crippen molar-refractivity contribution < 1.29 is 8.42 Å². The second kappa shape index (κ2) is 4.62. The second-order valence-electron chi connectivity index (χ2n) is 4.55. The van der Waals surface area contributed by atoms with Gasteiger partial charge in [-0.25, -0.2) is 18.1 Å². The van der Waals surface area contributed by atoms with Gasteiger partial charge in [0.15, 0.2) is 0 Å². The minimum Gasteiger partial charge on any atom is -0.383 e. The predicted octanol–water partition coefficient (Wildman–Crippen LogP) is 0.988. The lowest BCUT2D eigenvalue weighted by Crippen LogP contribution is -2.29. The largest absolute Gasteiger partial charge is 0.383 e. The zero-order chi connectivity index (χ0) is 12.5. The molecule has 1 saturated carbocycles. The van der Waals surface area contributed by atoms with Crippen molar-refractivity contribution in [2.75, 3.05) is 12.3 Å². The summed E-state index contributed by atoms with van der Waals surface area (Å²) < 4.78 is 26.5. The summed E-state index contributed by atoms with van der Waals surface area (Å²) in [6.45, 7) is 2.52. The number of nitrogens with two attached hydrogens (primary N) is 1. The molecule has 0 bridgehead atoms. The molecule has 0 amide bonds. The molecule has 0 spiro atoms. The molecule has 6 heteroatoms. The Hall–Kier alpha value is -1.14. The molecule has 5 nitrogen and oxygen atoms in total. The number of anilines is 1. The third-order valence-electron chi connectivity index (χ3n) is 3.11. The average Bonchev–Trinajstić information content (AvgIpc) is 3.10. The summed E-state index contributed by atoms with van der Waals surface area (Å²) in [5.41, 5.74) is 5.55. The minimum atomic E-state index is -3.53. The van der Waals surface area contributed by atoms with Gasteiger partial charge < -0.3 is 5.73 Å². The first-order chi connectivity index (χ1) is 8.00. The third kappa shape index (κ3) is 2.95. The average molecular weight is 255 g/mol. The van der Waals surface area contributed by atoms with Crippen LogP contribution in [0.3, 0.4) is 0 Å². The maximum absolute atomic E-state index is 12.0. The smallest absolute Gasteiger partial charge is 0.244 e. The van der Waals surface area contributed by atoms with Gasteiger partial charge in [0, 0.05) is 12.7 Å². The van der Waals surface area contributed by atoms with Gasteiger partial charge in [0.1, 0.15) is 10.7 Å². The van der Waals surface area contributed by atoms with E-state index in [1.165, 1.54) is 25.1 Å². The fourth-order valence-corrected chi connectivity index (χ4v) is 3.00. The Labute approximate surface area is 101 Å². The Morgan fingerprint density at radius 1 is 1.59 bits per heavy atom. The number of hydrogen-bond donors (Lipinski definition) is 2. The van der Waals surface area contributed by atoms with Gasteiger partial charge in [-0.05, 0) is 36.8 Å². The third-order valence-corrected chi connectivity index (χ3v) is 4.58. The maximum Gasteiger partial charge on any atom is 0.244 e. The number of nitrogen functional groups attached to an aromatic ring is 1. The molecule has 94 valence electrons. The van der Waals surface area contributed by atoms with Crippen molar-refractivity contribution in [1.29, 1.82) is 0 Å². The molecule has 1 fully saturated rings. The van der Waals surface area contributed by atoms with Crippen molar-refractivity contribution in [1.82, 2.24) is 9.71 Å². The lowest BCUT2D eigenvalue weighted by atomic mass is 10.1. The highest BCUT2D eigenvalue weighted by Crippen LogP contribution is 2.36. The van der Waals surface area contributed by atoms with Crippen molar-refractivity contribution in [3.8, 4) is 0 Å². The number of nitrogens with zero attached hydrogens (tertiary/aromatic N) is 1. The number of pyridine rings is 1. The quantitative estimate of drug-likeness (QED) is 0.821. The van der Waals surface area contributed by atoms with E-state index in [0.717, 1.165) is 0 Å². The van der Waals surface area contributed by atoms with Crippen LogP contribution in [0.4, 0.5) is 5.82 Å². The standard InChI is InChI=1S/C11H17N3O2S/c1-8(9-4-5-9)7-14-17(15,16)10-3-2-6-13-11(10)12/h2-3,6,8-9,14H,4-5,7H2,1H3,(H2,12,13). The molecule has 17 heavy (non-hydrogen) atoms. The van der Waals surface area contributed by atoms with Crippen LogP contribution in [-0.4, -0.2) is 19.9 Å². The van der Waals surface area contributed by atoms with E-state index in [0.29, 0.717) is 18.4 Å². The molecule has 0 saturated heterocycles.